The van der Waals surface area contributed by atoms with Gasteiger partial charge in [-0.05, 0) is 48.9 Å². The van der Waals surface area contributed by atoms with E-state index in [2.05, 4.69) is 15.1 Å². The van der Waals surface area contributed by atoms with Gasteiger partial charge in [-0.1, -0.05) is 23.9 Å². The second-order valence-corrected chi connectivity index (χ2v) is 7.93. The van der Waals surface area contributed by atoms with Gasteiger partial charge in [0.2, 0.25) is 5.91 Å². The summed E-state index contributed by atoms with van der Waals surface area (Å²) in [5, 5.41) is 5.69. The van der Waals surface area contributed by atoms with Crippen LogP contribution in [0.3, 0.4) is 0 Å². The highest BCUT2D eigenvalue weighted by Gasteiger charge is 2.19. The molecular weight excluding hydrogens is 420 g/mol. The summed E-state index contributed by atoms with van der Waals surface area (Å²) >= 11 is 1.30. The van der Waals surface area contributed by atoms with Gasteiger partial charge in [0.1, 0.15) is 23.0 Å². The van der Waals surface area contributed by atoms with Crippen LogP contribution in [-0.4, -0.2) is 43.4 Å². The second-order valence-electron chi connectivity index (χ2n) is 6.97. The first kappa shape index (κ1) is 20.9. The Bertz CT molecular complexity index is 1210. The van der Waals surface area contributed by atoms with Crippen LogP contribution < -0.4 is 0 Å². The molecular formula is C22H19F2N5OS. The molecule has 0 radical (unpaired) electrons. The lowest BCUT2D eigenvalue weighted by atomic mass is 10.1. The van der Waals surface area contributed by atoms with E-state index < -0.39 is 0 Å². The Morgan fingerprint density at radius 3 is 2.39 bits per heavy atom. The third-order valence-corrected chi connectivity index (χ3v) is 6.05. The summed E-state index contributed by atoms with van der Waals surface area (Å²) in [7, 11) is 1.72. The number of amides is 1. The number of nitrogens with zero attached hydrogens (tertiary/aromatic N) is 5. The fourth-order valence-electron chi connectivity index (χ4n) is 3.12. The lowest BCUT2D eigenvalue weighted by molar-refractivity contribution is -0.128. The quantitative estimate of drug-likeness (QED) is 0.329. The van der Waals surface area contributed by atoms with Gasteiger partial charge in [-0.25, -0.2) is 23.4 Å². The monoisotopic (exact) mass is 439 g/mol. The number of carbonyl (C=O) groups excluding carboxylic acids is 1. The van der Waals surface area contributed by atoms with E-state index in [-0.39, 0.29) is 29.3 Å². The van der Waals surface area contributed by atoms with E-state index in [1.165, 1.54) is 42.4 Å². The molecule has 0 aliphatic rings. The molecule has 4 rings (SSSR count). The molecule has 9 heteroatoms. The molecule has 0 bridgehead atoms. The van der Waals surface area contributed by atoms with Gasteiger partial charge in [0.05, 0.1) is 29.1 Å². The molecule has 4 aromatic rings. The predicted octanol–water partition coefficient (Wildman–Crippen LogP) is 4.41. The van der Waals surface area contributed by atoms with E-state index in [9.17, 15) is 13.6 Å². The van der Waals surface area contributed by atoms with Crippen LogP contribution in [0.2, 0.25) is 0 Å². The molecule has 0 aliphatic carbocycles. The molecule has 0 aliphatic heterocycles. The number of hydrogen-bond donors (Lipinski definition) is 0. The van der Waals surface area contributed by atoms with Crippen LogP contribution in [0.4, 0.5) is 8.78 Å². The lowest BCUT2D eigenvalue weighted by Gasteiger charge is -2.25. The Balaban J connectivity index is 1.49. The maximum absolute atomic E-state index is 13.2. The average Bonchev–Trinajstić information content (AvgIpc) is 3.22. The molecule has 6 nitrogen and oxygen atoms in total. The number of benzene rings is 2. The van der Waals surface area contributed by atoms with Crippen LogP contribution in [-0.2, 0) is 4.79 Å². The first-order chi connectivity index (χ1) is 14.9. The zero-order valence-corrected chi connectivity index (χ0v) is 17.7. The summed E-state index contributed by atoms with van der Waals surface area (Å²) in [6, 6.07) is 11.9. The molecule has 2 aromatic carbocycles. The maximum Gasteiger partial charge on any atom is 0.233 e. The first-order valence-electron chi connectivity index (χ1n) is 9.52. The highest BCUT2D eigenvalue weighted by Crippen LogP contribution is 2.27. The van der Waals surface area contributed by atoms with Crippen molar-refractivity contribution in [3.05, 3.63) is 78.3 Å². The van der Waals surface area contributed by atoms with Crippen molar-refractivity contribution in [3.63, 3.8) is 0 Å². The number of thioether (sulfide) groups is 1. The van der Waals surface area contributed by atoms with Gasteiger partial charge in [0.25, 0.3) is 0 Å². The van der Waals surface area contributed by atoms with Gasteiger partial charge >= 0.3 is 0 Å². The molecule has 158 valence electrons. The van der Waals surface area contributed by atoms with Crippen LogP contribution in [0.5, 0.6) is 0 Å². The SMILES string of the molecule is CC(c1ccc(F)cc1)N(C)C(=O)CSc1ncnc2c1cnn2-c1ccc(F)cc1. The van der Waals surface area contributed by atoms with E-state index in [0.717, 1.165) is 5.56 Å². The Labute approximate surface area is 181 Å². The summed E-state index contributed by atoms with van der Waals surface area (Å²) in [6.45, 7) is 1.89. The van der Waals surface area contributed by atoms with E-state index in [1.807, 2.05) is 6.92 Å². The van der Waals surface area contributed by atoms with Crippen LogP contribution in [0.1, 0.15) is 18.5 Å². The molecule has 1 atom stereocenters. The second kappa shape index (κ2) is 8.81. The summed E-state index contributed by atoms with van der Waals surface area (Å²) in [5.74, 6) is -0.548. The van der Waals surface area contributed by atoms with E-state index in [4.69, 9.17) is 0 Å². The summed E-state index contributed by atoms with van der Waals surface area (Å²) in [4.78, 5) is 22.9. The summed E-state index contributed by atoms with van der Waals surface area (Å²) in [6.07, 6.45) is 3.05. The van der Waals surface area contributed by atoms with Crippen molar-refractivity contribution >= 4 is 28.7 Å². The van der Waals surface area contributed by atoms with Crippen LogP contribution in [0, 0.1) is 11.6 Å². The number of hydrogen-bond acceptors (Lipinski definition) is 5. The first-order valence-corrected chi connectivity index (χ1v) is 10.5. The number of fused-ring (bicyclic) bond motifs is 1. The molecule has 1 amide bonds. The minimum absolute atomic E-state index is 0.0838. The van der Waals surface area contributed by atoms with Crippen molar-refractivity contribution in [3.8, 4) is 5.69 Å². The van der Waals surface area contributed by atoms with Crippen molar-refractivity contribution in [1.29, 1.82) is 0 Å². The normalized spacial score (nSPS) is 12.1. The van der Waals surface area contributed by atoms with Crippen molar-refractivity contribution in [2.75, 3.05) is 12.8 Å². The zero-order chi connectivity index (χ0) is 22.0. The predicted molar refractivity (Wildman–Crippen MR) is 115 cm³/mol. The summed E-state index contributed by atoms with van der Waals surface area (Å²) < 4.78 is 28.0. The fourth-order valence-corrected chi connectivity index (χ4v) is 4.01. The maximum atomic E-state index is 13.2. The van der Waals surface area contributed by atoms with Gasteiger partial charge < -0.3 is 4.90 Å². The van der Waals surface area contributed by atoms with E-state index in [1.54, 1.807) is 47.1 Å². The Kier molecular flexibility index (Phi) is 5.94. The van der Waals surface area contributed by atoms with Crippen LogP contribution in [0.15, 0.2) is 66.1 Å². The van der Waals surface area contributed by atoms with Crippen molar-refractivity contribution in [2.45, 2.75) is 18.0 Å². The number of carbonyl (C=O) groups is 1. The molecule has 1 unspecified atom stereocenters. The molecule has 2 heterocycles. The Hall–Kier alpha value is -3.33. The zero-order valence-electron chi connectivity index (χ0n) is 16.9. The smallest absolute Gasteiger partial charge is 0.233 e. The van der Waals surface area contributed by atoms with E-state index in [0.29, 0.717) is 21.7 Å². The Morgan fingerprint density at radius 1 is 1.06 bits per heavy atom. The van der Waals surface area contributed by atoms with Crippen LogP contribution in [0.25, 0.3) is 16.7 Å². The third-order valence-electron chi connectivity index (χ3n) is 5.06. The largest absolute Gasteiger partial charge is 0.338 e. The lowest BCUT2D eigenvalue weighted by Crippen LogP contribution is -2.31. The third kappa shape index (κ3) is 4.41. The number of rotatable bonds is 6. The van der Waals surface area contributed by atoms with E-state index >= 15 is 0 Å². The molecule has 0 saturated carbocycles. The fraction of sp³-hybridized carbons (Fsp3) is 0.182. The number of aromatic nitrogens is 4. The Morgan fingerprint density at radius 2 is 1.71 bits per heavy atom. The molecule has 0 fully saturated rings. The molecule has 2 aromatic heterocycles. The van der Waals surface area contributed by atoms with Crippen molar-refractivity contribution in [1.82, 2.24) is 24.6 Å². The van der Waals surface area contributed by atoms with Crippen LogP contribution >= 0.6 is 11.8 Å². The standard InChI is InChI=1S/C22H19F2N5OS/c1-14(15-3-5-16(23)6-4-15)28(2)20(30)12-31-22-19-11-27-29(21(19)25-13-26-22)18-9-7-17(24)8-10-18/h3-11,13-14H,12H2,1-2H3. The highest BCUT2D eigenvalue weighted by molar-refractivity contribution is 8.00. The van der Waals surface area contributed by atoms with Crippen molar-refractivity contribution in [2.24, 2.45) is 0 Å². The minimum atomic E-state index is -0.330. The van der Waals surface area contributed by atoms with Gasteiger partial charge in [-0.3, -0.25) is 4.79 Å². The molecule has 0 spiro atoms. The van der Waals surface area contributed by atoms with Gasteiger partial charge in [-0.2, -0.15) is 5.10 Å². The summed E-state index contributed by atoms with van der Waals surface area (Å²) in [5.41, 5.74) is 2.10. The van der Waals surface area contributed by atoms with Gasteiger partial charge in [0, 0.05) is 7.05 Å². The van der Waals surface area contributed by atoms with Gasteiger partial charge in [0.15, 0.2) is 5.65 Å². The van der Waals surface area contributed by atoms with Crippen molar-refractivity contribution < 1.29 is 13.6 Å². The molecule has 0 saturated heterocycles. The topological polar surface area (TPSA) is 63.9 Å². The molecule has 31 heavy (non-hydrogen) atoms. The highest BCUT2D eigenvalue weighted by atomic mass is 32.2. The molecule has 0 N–H and O–H groups in total. The average molecular weight is 439 g/mol. The van der Waals surface area contributed by atoms with Gasteiger partial charge in [-0.15, -0.1) is 0 Å². The number of halogens is 2. The minimum Gasteiger partial charge on any atom is -0.338 e.